The molecule has 0 aliphatic heterocycles. The van der Waals surface area contributed by atoms with Gasteiger partial charge in [0.05, 0.1) is 0 Å². The second kappa shape index (κ2) is 3.88. The molecular formula is C12H13NO2S. The van der Waals surface area contributed by atoms with Crippen LogP contribution in [0, 0.1) is 13.8 Å². The minimum Gasteiger partial charge on any atom is -0.480 e. The molecule has 2 aromatic rings. The summed E-state index contributed by atoms with van der Waals surface area (Å²) in [5.74, 6) is -0.981. The fraction of sp³-hybridized carbons (Fsp3) is 0.250. The lowest BCUT2D eigenvalue weighted by Crippen LogP contribution is -2.21. The van der Waals surface area contributed by atoms with Crippen molar-refractivity contribution in [2.24, 2.45) is 5.73 Å². The summed E-state index contributed by atoms with van der Waals surface area (Å²) in [6.45, 7) is 3.90. The number of hydrogen-bond donors (Lipinski definition) is 2. The summed E-state index contributed by atoms with van der Waals surface area (Å²) in [6.07, 6.45) is 0. The van der Waals surface area contributed by atoms with Crippen molar-refractivity contribution in [2.75, 3.05) is 0 Å². The lowest BCUT2D eigenvalue weighted by Gasteiger charge is -2.08. The van der Waals surface area contributed by atoms with E-state index in [0.717, 1.165) is 26.1 Å². The van der Waals surface area contributed by atoms with E-state index in [4.69, 9.17) is 10.8 Å². The van der Waals surface area contributed by atoms with Crippen LogP contribution >= 0.6 is 11.3 Å². The largest absolute Gasteiger partial charge is 0.480 e. The first-order chi connectivity index (χ1) is 7.52. The third-order valence-electron chi connectivity index (χ3n) is 2.72. The SMILES string of the molecule is Cc1sc2cccc(C)c2c1C(N)C(=O)O. The van der Waals surface area contributed by atoms with Gasteiger partial charge in [0.2, 0.25) is 0 Å². The Hall–Kier alpha value is -1.39. The number of rotatable bonds is 2. The van der Waals surface area contributed by atoms with Crippen molar-refractivity contribution >= 4 is 27.4 Å². The Kier molecular flexibility index (Phi) is 2.69. The smallest absolute Gasteiger partial charge is 0.325 e. The van der Waals surface area contributed by atoms with Crippen LogP contribution in [-0.2, 0) is 4.79 Å². The Morgan fingerprint density at radius 3 is 2.75 bits per heavy atom. The fourth-order valence-electron chi connectivity index (χ4n) is 1.96. The van der Waals surface area contributed by atoms with Crippen molar-refractivity contribution in [3.05, 3.63) is 34.2 Å². The number of hydrogen-bond acceptors (Lipinski definition) is 3. The van der Waals surface area contributed by atoms with Crippen molar-refractivity contribution in [1.82, 2.24) is 0 Å². The van der Waals surface area contributed by atoms with Gasteiger partial charge < -0.3 is 10.8 Å². The maximum atomic E-state index is 11.0. The van der Waals surface area contributed by atoms with Gasteiger partial charge in [-0.1, -0.05) is 12.1 Å². The van der Waals surface area contributed by atoms with Crippen molar-refractivity contribution < 1.29 is 9.90 Å². The van der Waals surface area contributed by atoms with E-state index in [-0.39, 0.29) is 0 Å². The molecule has 1 atom stereocenters. The number of nitrogens with two attached hydrogens (primary N) is 1. The molecule has 2 rings (SSSR count). The molecule has 1 aromatic heterocycles. The van der Waals surface area contributed by atoms with E-state index >= 15 is 0 Å². The van der Waals surface area contributed by atoms with Gasteiger partial charge in [0.1, 0.15) is 6.04 Å². The third-order valence-corrected chi connectivity index (χ3v) is 3.81. The normalized spacial score (nSPS) is 12.9. The molecule has 0 saturated heterocycles. The number of carboxylic acids is 1. The molecule has 84 valence electrons. The highest BCUT2D eigenvalue weighted by atomic mass is 32.1. The van der Waals surface area contributed by atoms with E-state index in [0.29, 0.717) is 0 Å². The molecule has 0 saturated carbocycles. The zero-order valence-corrected chi connectivity index (χ0v) is 9.97. The minimum atomic E-state index is -0.981. The van der Waals surface area contributed by atoms with Gasteiger partial charge in [-0.3, -0.25) is 4.79 Å². The van der Waals surface area contributed by atoms with Crippen molar-refractivity contribution in [2.45, 2.75) is 19.9 Å². The molecule has 0 fully saturated rings. The van der Waals surface area contributed by atoms with Crippen molar-refractivity contribution in [3.63, 3.8) is 0 Å². The average Bonchev–Trinajstić information content (AvgIpc) is 2.54. The predicted octanol–water partition coefficient (Wildman–Crippen LogP) is 2.60. The van der Waals surface area contributed by atoms with Crippen LogP contribution in [0.25, 0.3) is 10.1 Å². The summed E-state index contributed by atoms with van der Waals surface area (Å²) in [4.78, 5) is 12.0. The van der Waals surface area contributed by atoms with Gasteiger partial charge in [-0.2, -0.15) is 0 Å². The predicted molar refractivity (Wildman–Crippen MR) is 65.9 cm³/mol. The molecule has 0 aliphatic rings. The topological polar surface area (TPSA) is 63.3 Å². The highest BCUT2D eigenvalue weighted by Crippen LogP contribution is 2.36. The fourth-order valence-corrected chi connectivity index (χ4v) is 3.15. The molecule has 3 N–H and O–H groups in total. The second-order valence-electron chi connectivity index (χ2n) is 3.84. The lowest BCUT2D eigenvalue weighted by molar-refractivity contribution is -0.138. The summed E-state index contributed by atoms with van der Waals surface area (Å²) in [5, 5.41) is 10.0. The van der Waals surface area contributed by atoms with E-state index in [1.807, 2.05) is 32.0 Å². The van der Waals surface area contributed by atoms with Crippen LogP contribution in [-0.4, -0.2) is 11.1 Å². The Morgan fingerprint density at radius 1 is 1.44 bits per heavy atom. The molecule has 0 spiro atoms. The Bertz CT molecular complexity index is 559. The average molecular weight is 235 g/mol. The summed E-state index contributed by atoms with van der Waals surface area (Å²) >= 11 is 1.60. The van der Waals surface area contributed by atoms with E-state index in [2.05, 4.69) is 0 Å². The molecule has 0 amide bonds. The number of benzene rings is 1. The summed E-state index contributed by atoms with van der Waals surface area (Å²) in [5.41, 5.74) is 7.56. The van der Waals surface area contributed by atoms with Crippen LogP contribution in [0.1, 0.15) is 22.0 Å². The highest BCUT2D eigenvalue weighted by Gasteiger charge is 2.22. The lowest BCUT2D eigenvalue weighted by atomic mass is 10.0. The Morgan fingerprint density at radius 2 is 2.12 bits per heavy atom. The number of thiophene rings is 1. The number of fused-ring (bicyclic) bond motifs is 1. The van der Waals surface area contributed by atoms with Gasteiger partial charge in [-0.25, -0.2) is 0 Å². The maximum Gasteiger partial charge on any atom is 0.325 e. The van der Waals surface area contributed by atoms with Gasteiger partial charge in [0, 0.05) is 20.5 Å². The Labute approximate surface area is 97.5 Å². The molecular weight excluding hydrogens is 222 g/mol. The van der Waals surface area contributed by atoms with Crippen molar-refractivity contribution in [1.29, 1.82) is 0 Å². The third kappa shape index (κ3) is 1.60. The monoisotopic (exact) mass is 235 g/mol. The molecule has 3 nitrogen and oxygen atoms in total. The first-order valence-electron chi connectivity index (χ1n) is 4.99. The van der Waals surface area contributed by atoms with Crippen LogP contribution in [0.15, 0.2) is 18.2 Å². The zero-order valence-electron chi connectivity index (χ0n) is 9.15. The quantitative estimate of drug-likeness (QED) is 0.841. The van der Waals surface area contributed by atoms with Gasteiger partial charge in [0.25, 0.3) is 0 Å². The molecule has 0 radical (unpaired) electrons. The number of carbonyl (C=O) groups is 1. The molecule has 16 heavy (non-hydrogen) atoms. The number of aliphatic carboxylic acids is 1. The molecule has 0 bridgehead atoms. The minimum absolute atomic E-state index is 0.755. The van der Waals surface area contributed by atoms with E-state index in [9.17, 15) is 4.79 Å². The van der Waals surface area contributed by atoms with Crippen molar-refractivity contribution in [3.8, 4) is 0 Å². The summed E-state index contributed by atoms with van der Waals surface area (Å²) in [7, 11) is 0. The van der Waals surface area contributed by atoms with Gasteiger partial charge >= 0.3 is 5.97 Å². The van der Waals surface area contributed by atoms with Crippen LogP contribution in [0.4, 0.5) is 0 Å². The van der Waals surface area contributed by atoms with Gasteiger partial charge in [-0.15, -0.1) is 11.3 Å². The summed E-state index contributed by atoms with van der Waals surface area (Å²) < 4.78 is 1.10. The highest BCUT2D eigenvalue weighted by molar-refractivity contribution is 7.19. The first-order valence-corrected chi connectivity index (χ1v) is 5.81. The van der Waals surface area contributed by atoms with Crippen LogP contribution in [0.5, 0.6) is 0 Å². The number of carboxylic acid groups (broad SMARTS) is 1. The molecule has 1 unspecified atom stereocenters. The van der Waals surface area contributed by atoms with Crippen LogP contribution in [0.2, 0.25) is 0 Å². The standard InChI is InChI=1S/C12H13NO2S/c1-6-4-3-5-8-9(6)10(7(2)16-8)11(13)12(14)15/h3-5,11H,13H2,1-2H3,(H,14,15). The zero-order chi connectivity index (χ0) is 11.9. The van der Waals surface area contributed by atoms with Crippen LogP contribution in [0.3, 0.4) is 0 Å². The van der Waals surface area contributed by atoms with Gasteiger partial charge in [-0.05, 0) is 25.5 Å². The molecule has 0 aliphatic carbocycles. The maximum absolute atomic E-state index is 11.0. The summed E-state index contributed by atoms with van der Waals surface area (Å²) in [6, 6.07) is 5.02. The van der Waals surface area contributed by atoms with E-state index in [1.165, 1.54) is 0 Å². The second-order valence-corrected chi connectivity index (χ2v) is 5.09. The van der Waals surface area contributed by atoms with E-state index < -0.39 is 12.0 Å². The van der Waals surface area contributed by atoms with Crippen LogP contribution < -0.4 is 5.73 Å². The van der Waals surface area contributed by atoms with Gasteiger partial charge in [0.15, 0.2) is 0 Å². The van der Waals surface area contributed by atoms with E-state index in [1.54, 1.807) is 11.3 Å². The molecule has 4 heteroatoms. The number of aryl methyl sites for hydroxylation is 2. The first kappa shape index (κ1) is 11.1. The Balaban J connectivity index is 2.77. The molecule has 1 aromatic carbocycles. The molecule has 1 heterocycles.